The minimum atomic E-state index is -3.70. The van der Waals surface area contributed by atoms with Crippen LogP contribution in [0.4, 0.5) is 0 Å². The minimum absolute atomic E-state index is 0.0649. The number of rotatable bonds is 4. The van der Waals surface area contributed by atoms with Gasteiger partial charge in [0.15, 0.2) is 0 Å². The van der Waals surface area contributed by atoms with Crippen molar-refractivity contribution < 1.29 is 17.9 Å². The largest absolute Gasteiger partial charge is 0.496 e. The molecule has 0 saturated heterocycles. The first-order valence-corrected chi connectivity index (χ1v) is 7.36. The van der Waals surface area contributed by atoms with Gasteiger partial charge in [-0.2, -0.15) is 0 Å². The maximum atomic E-state index is 11.3. The number of methoxy groups -OCH3 is 2. The first-order valence-electron chi connectivity index (χ1n) is 5.81. The van der Waals surface area contributed by atoms with Crippen LogP contribution in [0.15, 0.2) is 47.4 Å². The monoisotopic (exact) mass is 293 g/mol. The number of nitrogens with two attached hydrogens (primary N) is 1. The van der Waals surface area contributed by atoms with Gasteiger partial charge in [0, 0.05) is 0 Å². The van der Waals surface area contributed by atoms with E-state index in [1.807, 2.05) is 18.2 Å². The van der Waals surface area contributed by atoms with Crippen molar-refractivity contribution in [3.63, 3.8) is 0 Å². The van der Waals surface area contributed by atoms with E-state index in [0.717, 1.165) is 11.1 Å². The lowest BCUT2D eigenvalue weighted by Crippen LogP contribution is -2.11. The highest BCUT2D eigenvalue weighted by atomic mass is 32.2. The second-order valence-corrected chi connectivity index (χ2v) is 5.67. The van der Waals surface area contributed by atoms with Crippen molar-refractivity contribution in [2.75, 3.05) is 14.2 Å². The molecule has 0 radical (unpaired) electrons. The van der Waals surface area contributed by atoms with E-state index < -0.39 is 10.0 Å². The number of hydrogen-bond donors (Lipinski definition) is 1. The lowest BCUT2D eigenvalue weighted by Gasteiger charge is -2.13. The second-order valence-electron chi connectivity index (χ2n) is 4.11. The zero-order chi connectivity index (χ0) is 14.8. The highest BCUT2D eigenvalue weighted by Crippen LogP contribution is 2.38. The lowest BCUT2D eigenvalue weighted by atomic mass is 10.0. The van der Waals surface area contributed by atoms with Gasteiger partial charge in [0.1, 0.15) is 11.5 Å². The summed E-state index contributed by atoms with van der Waals surface area (Å²) < 4.78 is 33.1. The second kappa shape index (κ2) is 5.52. The molecule has 106 valence electrons. The fourth-order valence-corrected chi connectivity index (χ4v) is 2.46. The molecule has 0 unspecified atom stereocenters. The molecule has 0 aliphatic rings. The Kier molecular flexibility index (Phi) is 3.96. The third-order valence-corrected chi connectivity index (χ3v) is 3.83. The Morgan fingerprint density at radius 2 is 1.40 bits per heavy atom. The topological polar surface area (TPSA) is 78.6 Å². The van der Waals surface area contributed by atoms with E-state index in [2.05, 4.69) is 0 Å². The molecule has 0 aliphatic carbocycles. The molecule has 20 heavy (non-hydrogen) atoms. The van der Waals surface area contributed by atoms with Gasteiger partial charge >= 0.3 is 0 Å². The smallest absolute Gasteiger partial charge is 0.238 e. The Bertz CT molecular complexity index is 686. The summed E-state index contributed by atoms with van der Waals surface area (Å²) in [7, 11) is -0.563. The van der Waals surface area contributed by atoms with E-state index in [0.29, 0.717) is 11.5 Å². The van der Waals surface area contributed by atoms with Crippen LogP contribution in [0.2, 0.25) is 0 Å². The number of sulfonamides is 1. The van der Waals surface area contributed by atoms with Crippen molar-refractivity contribution in [2.24, 2.45) is 5.14 Å². The van der Waals surface area contributed by atoms with Crippen LogP contribution in [0.25, 0.3) is 11.1 Å². The molecule has 0 aliphatic heterocycles. The quantitative estimate of drug-likeness (QED) is 0.935. The van der Waals surface area contributed by atoms with Gasteiger partial charge < -0.3 is 9.47 Å². The molecule has 0 aromatic heterocycles. The molecular weight excluding hydrogens is 278 g/mol. The number of primary sulfonamides is 1. The fraction of sp³-hybridized carbons (Fsp3) is 0.143. The van der Waals surface area contributed by atoms with Crippen molar-refractivity contribution in [2.45, 2.75) is 4.90 Å². The van der Waals surface area contributed by atoms with Gasteiger partial charge in [0.25, 0.3) is 0 Å². The third-order valence-electron chi connectivity index (χ3n) is 2.90. The van der Waals surface area contributed by atoms with E-state index >= 15 is 0 Å². The SMILES string of the molecule is COc1cccc(OC)c1-c1ccc(S(N)(=O)=O)cc1. The molecule has 2 aromatic carbocycles. The summed E-state index contributed by atoms with van der Waals surface area (Å²) in [5.74, 6) is 1.29. The predicted molar refractivity (Wildman–Crippen MR) is 76.4 cm³/mol. The van der Waals surface area contributed by atoms with Gasteiger partial charge in [-0.05, 0) is 29.8 Å². The van der Waals surface area contributed by atoms with Gasteiger partial charge in [-0.25, -0.2) is 13.6 Å². The van der Waals surface area contributed by atoms with E-state index in [1.165, 1.54) is 12.1 Å². The van der Waals surface area contributed by atoms with Crippen molar-refractivity contribution >= 4 is 10.0 Å². The van der Waals surface area contributed by atoms with Crippen LogP contribution < -0.4 is 14.6 Å². The predicted octanol–water partition coefficient (Wildman–Crippen LogP) is 2.02. The molecule has 0 fully saturated rings. The van der Waals surface area contributed by atoms with Gasteiger partial charge in [0.05, 0.1) is 24.7 Å². The van der Waals surface area contributed by atoms with E-state index in [1.54, 1.807) is 26.4 Å². The van der Waals surface area contributed by atoms with E-state index in [-0.39, 0.29) is 4.90 Å². The van der Waals surface area contributed by atoms with Crippen LogP contribution in [0.5, 0.6) is 11.5 Å². The third kappa shape index (κ3) is 2.76. The molecule has 6 heteroatoms. The summed E-state index contributed by atoms with van der Waals surface area (Å²) in [5, 5.41) is 5.08. The Morgan fingerprint density at radius 3 is 1.80 bits per heavy atom. The van der Waals surface area contributed by atoms with Crippen LogP contribution in [-0.2, 0) is 10.0 Å². The molecule has 2 aromatic rings. The summed E-state index contributed by atoms with van der Waals surface area (Å²) in [6, 6.07) is 11.7. The van der Waals surface area contributed by atoms with Crippen molar-refractivity contribution in [3.8, 4) is 22.6 Å². The van der Waals surface area contributed by atoms with Gasteiger partial charge in [-0.3, -0.25) is 0 Å². The number of ether oxygens (including phenoxy) is 2. The maximum absolute atomic E-state index is 11.3. The number of benzene rings is 2. The van der Waals surface area contributed by atoms with Gasteiger partial charge in [0.2, 0.25) is 10.0 Å². The van der Waals surface area contributed by atoms with E-state index in [9.17, 15) is 8.42 Å². The normalized spacial score (nSPS) is 11.2. The molecule has 0 bridgehead atoms. The maximum Gasteiger partial charge on any atom is 0.238 e. The molecule has 2 N–H and O–H groups in total. The Morgan fingerprint density at radius 1 is 0.900 bits per heavy atom. The first kappa shape index (κ1) is 14.4. The Hall–Kier alpha value is -2.05. The van der Waals surface area contributed by atoms with Crippen molar-refractivity contribution in [1.82, 2.24) is 0 Å². The summed E-state index contributed by atoms with van der Waals surface area (Å²) >= 11 is 0. The Labute approximate surface area is 118 Å². The zero-order valence-corrected chi connectivity index (χ0v) is 12.0. The molecule has 0 heterocycles. The molecule has 0 saturated carbocycles. The molecule has 0 atom stereocenters. The van der Waals surface area contributed by atoms with Gasteiger partial charge in [-0.15, -0.1) is 0 Å². The fourth-order valence-electron chi connectivity index (χ4n) is 1.95. The highest BCUT2D eigenvalue weighted by molar-refractivity contribution is 7.89. The molecule has 0 amide bonds. The van der Waals surface area contributed by atoms with Crippen LogP contribution in [0, 0.1) is 0 Å². The number of hydrogen-bond acceptors (Lipinski definition) is 4. The van der Waals surface area contributed by atoms with Crippen LogP contribution in [-0.4, -0.2) is 22.6 Å². The lowest BCUT2D eigenvalue weighted by molar-refractivity contribution is 0.397. The summed E-state index contributed by atoms with van der Waals surface area (Å²) in [6.07, 6.45) is 0. The standard InChI is InChI=1S/C14H15NO4S/c1-18-12-4-3-5-13(19-2)14(12)10-6-8-11(9-7-10)20(15,16)17/h3-9H,1-2H3,(H2,15,16,17). The molecule has 5 nitrogen and oxygen atoms in total. The van der Waals surface area contributed by atoms with Crippen molar-refractivity contribution in [3.05, 3.63) is 42.5 Å². The summed E-state index contributed by atoms with van der Waals surface area (Å²) in [4.78, 5) is 0.0649. The van der Waals surface area contributed by atoms with Crippen LogP contribution in [0.1, 0.15) is 0 Å². The average Bonchev–Trinajstić information content (AvgIpc) is 2.45. The average molecular weight is 293 g/mol. The Balaban J connectivity index is 2.57. The van der Waals surface area contributed by atoms with E-state index in [4.69, 9.17) is 14.6 Å². The molecule has 2 rings (SSSR count). The summed E-state index contributed by atoms with van der Waals surface area (Å²) in [6.45, 7) is 0. The van der Waals surface area contributed by atoms with Crippen molar-refractivity contribution in [1.29, 1.82) is 0 Å². The highest BCUT2D eigenvalue weighted by Gasteiger charge is 2.13. The molecular formula is C14H15NO4S. The van der Waals surface area contributed by atoms with Crippen LogP contribution >= 0.6 is 0 Å². The first-order chi connectivity index (χ1) is 9.47. The zero-order valence-electron chi connectivity index (χ0n) is 11.2. The summed E-state index contributed by atoms with van der Waals surface area (Å²) in [5.41, 5.74) is 1.55. The minimum Gasteiger partial charge on any atom is -0.496 e. The van der Waals surface area contributed by atoms with Gasteiger partial charge in [-0.1, -0.05) is 18.2 Å². The van der Waals surface area contributed by atoms with Crippen LogP contribution in [0.3, 0.4) is 0 Å². The molecule has 0 spiro atoms.